The number of hydrogen-bond donors (Lipinski definition) is 2. The van der Waals surface area contributed by atoms with Crippen molar-refractivity contribution in [3.05, 3.63) is 48.3 Å². The number of rotatable bonds is 4. The van der Waals surface area contributed by atoms with E-state index in [2.05, 4.69) is 15.7 Å². The van der Waals surface area contributed by atoms with E-state index in [9.17, 15) is 4.79 Å². The van der Waals surface area contributed by atoms with E-state index in [4.69, 9.17) is 4.74 Å². The van der Waals surface area contributed by atoms with Crippen LogP contribution in [0.1, 0.15) is 5.56 Å². The van der Waals surface area contributed by atoms with Crippen molar-refractivity contribution in [2.45, 2.75) is 12.6 Å². The average Bonchev–Trinajstić information content (AvgIpc) is 3.03. The van der Waals surface area contributed by atoms with Gasteiger partial charge in [0.15, 0.2) is 0 Å². The predicted octanol–water partition coefficient (Wildman–Crippen LogP) is 0.899. The summed E-state index contributed by atoms with van der Waals surface area (Å²) in [5.74, 6) is -0.0397. The maximum Gasteiger partial charge on any atom is 0.239 e. The van der Waals surface area contributed by atoms with Gasteiger partial charge in [0.2, 0.25) is 5.91 Å². The standard InChI is InChI=1S/C15H18N4O2.ClH/c20-15(14-11-21-7-6-16-14)17-8-12-9-18-19(10-12)13-4-2-1-3-5-13;/h1-5,9-10,14,16H,6-8,11H2,(H,17,20);1H. The first-order valence-electron chi connectivity index (χ1n) is 7.01. The van der Waals surface area contributed by atoms with Gasteiger partial charge in [-0.2, -0.15) is 5.10 Å². The summed E-state index contributed by atoms with van der Waals surface area (Å²) < 4.78 is 7.07. The number of para-hydroxylation sites is 1. The molecule has 1 aliphatic heterocycles. The largest absolute Gasteiger partial charge is 0.378 e. The van der Waals surface area contributed by atoms with E-state index < -0.39 is 0 Å². The molecule has 2 heterocycles. The van der Waals surface area contributed by atoms with Gasteiger partial charge in [0.05, 0.1) is 25.1 Å². The number of aromatic nitrogens is 2. The summed E-state index contributed by atoms with van der Waals surface area (Å²) in [5.41, 5.74) is 1.96. The lowest BCUT2D eigenvalue weighted by molar-refractivity contribution is -0.126. The number of carbonyl (C=O) groups excluding carboxylic acids is 1. The van der Waals surface area contributed by atoms with Gasteiger partial charge in [0.1, 0.15) is 6.04 Å². The van der Waals surface area contributed by atoms with Crippen molar-refractivity contribution >= 4 is 18.3 Å². The number of halogens is 1. The molecular formula is C15H19ClN4O2. The van der Waals surface area contributed by atoms with Gasteiger partial charge >= 0.3 is 0 Å². The van der Waals surface area contributed by atoms with E-state index >= 15 is 0 Å². The predicted molar refractivity (Wildman–Crippen MR) is 85.3 cm³/mol. The van der Waals surface area contributed by atoms with Gasteiger partial charge in [-0.15, -0.1) is 12.4 Å². The number of carbonyl (C=O) groups is 1. The first-order valence-corrected chi connectivity index (χ1v) is 7.01. The Morgan fingerprint density at radius 3 is 2.95 bits per heavy atom. The lowest BCUT2D eigenvalue weighted by Crippen LogP contribution is -2.51. The molecule has 1 atom stereocenters. The minimum atomic E-state index is -0.261. The SMILES string of the molecule is Cl.O=C(NCc1cnn(-c2ccccc2)c1)C1COCCN1. The molecule has 1 aromatic heterocycles. The molecule has 7 heteroatoms. The smallest absolute Gasteiger partial charge is 0.239 e. The van der Waals surface area contributed by atoms with Crippen LogP contribution in [0.4, 0.5) is 0 Å². The highest BCUT2D eigenvalue weighted by Crippen LogP contribution is 2.07. The van der Waals surface area contributed by atoms with Crippen molar-refractivity contribution < 1.29 is 9.53 Å². The van der Waals surface area contributed by atoms with Gasteiger partial charge in [-0.25, -0.2) is 4.68 Å². The number of hydrogen-bond acceptors (Lipinski definition) is 4. The molecule has 1 saturated heterocycles. The molecule has 0 aliphatic carbocycles. The minimum absolute atomic E-state index is 0. The van der Waals surface area contributed by atoms with Crippen LogP contribution in [-0.2, 0) is 16.1 Å². The van der Waals surface area contributed by atoms with Crippen LogP contribution in [0.5, 0.6) is 0 Å². The Hall–Kier alpha value is -1.89. The molecule has 118 valence electrons. The van der Waals surface area contributed by atoms with Gasteiger partial charge in [0.25, 0.3) is 0 Å². The molecule has 0 saturated carbocycles. The molecular weight excluding hydrogens is 304 g/mol. The normalized spacial score (nSPS) is 17.5. The molecule has 2 N–H and O–H groups in total. The van der Waals surface area contributed by atoms with Crippen LogP contribution in [0.3, 0.4) is 0 Å². The lowest BCUT2D eigenvalue weighted by atomic mass is 10.2. The van der Waals surface area contributed by atoms with Crippen molar-refractivity contribution in [1.29, 1.82) is 0 Å². The molecule has 1 fully saturated rings. The van der Waals surface area contributed by atoms with Gasteiger partial charge < -0.3 is 15.4 Å². The highest BCUT2D eigenvalue weighted by atomic mass is 35.5. The quantitative estimate of drug-likeness (QED) is 0.877. The van der Waals surface area contributed by atoms with Crippen LogP contribution >= 0.6 is 12.4 Å². The maximum absolute atomic E-state index is 12.0. The number of morpholine rings is 1. The van der Waals surface area contributed by atoms with Crippen LogP contribution in [0.15, 0.2) is 42.7 Å². The van der Waals surface area contributed by atoms with Gasteiger partial charge in [-0.05, 0) is 12.1 Å². The second-order valence-corrected chi connectivity index (χ2v) is 4.93. The van der Waals surface area contributed by atoms with Crippen molar-refractivity contribution in [2.75, 3.05) is 19.8 Å². The number of nitrogens with one attached hydrogen (secondary N) is 2. The molecule has 1 amide bonds. The third kappa shape index (κ3) is 4.07. The molecule has 0 spiro atoms. The minimum Gasteiger partial charge on any atom is -0.378 e. The maximum atomic E-state index is 12.0. The highest BCUT2D eigenvalue weighted by molar-refractivity contribution is 5.85. The second kappa shape index (κ2) is 7.93. The van der Waals surface area contributed by atoms with E-state index in [0.29, 0.717) is 26.3 Å². The summed E-state index contributed by atoms with van der Waals surface area (Å²) in [5, 5.41) is 10.3. The van der Waals surface area contributed by atoms with Crippen molar-refractivity contribution in [3.8, 4) is 5.69 Å². The Morgan fingerprint density at radius 2 is 2.23 bits per heavy atom. The molecule has 22 heavy (non-hydrogen) atoms. The van der Waals surface area contributed by atoms with Crippen molar-refractivity contribution in [3.63, 3.8) is 0 Å². The summed E-state index contributed by atoms with van der Waals surface area (Å²) in [6, 6.07) is 9.60. The zero-order valence-corrected chi connectivity index (χ0v) is 12.9. The zero-order chi connectivity index (χ0) is 14.5. The Bertz CT molecular complexity index is 597. The summed E-state index contributed by atoms with van der Waals surface area (Å²) in [6.45, 7) is 2.26. The molecule has 1 aliphatic rings. The average molecular weight is 323 g/mol. The lowest BCUT2D eigenvalue weighted by Gasteiger charge is -2.22. The summed E-state index contributed by atoms with van der Waals surface area (Å²) in [4.78, 5) is 12.0. The van der Waals surface area contributed by atoms with E-state index in [-0.39, 0.29) is 24.4 Å². The zero-order valence-electron chi connectivity index (χ0n) is 12.1. The van der Waals surface area contributed by atoms with Gasteiger partial charge in [-0.3, -0.25) is 4.79 Å². The molecule has 2 aromatic rings. The fourth-order valence-corrected chi connectivity index (χ4v) is 2.22. The third-order valence-electron chi connectivity index (χ3n) is 3.36. The van der Waals surface area contributed by atoms with Gasteiger partial charge in [0, 0.05) is 24.8 Å². The molecule has 0 radical (unpaired) electrons. The van der Waals surface area contributed by atoms with Crippen LogP contribution in [0.2, 0.25) is 0 Å². The fraction of sp³-hybridized carbons (Fsp3) is 0.333. The van der Waals surface area contributed by atoms with Crippen LogP contribution in [0, 0.1) is 0 Å². The number of benzene rings is 1. The molecule has 1 unspecified atom stereocenters. The van der Waals surface area contributed by atoms with Crippen LogP contribution < -0.4 is 10.6 Å². The summed E-state index contributed by atoms with van der Waals surface area (Å²) >= 11 is 0. The van der Waals surface area contributed by atoms with E-state index in [1.807, 2.05) is 36.5 Å². The second-order valence-electron chi connectivity index (χ2n) is 4.93. The third-order valence-corrected chi connectivity index (χ3v) is 3.36. The first kappa shape index (κ1) is 16.5. The molecule has 1 aromatic carbocycles. The first-order chi connectivity index (χ1) is 10.3. The summed E-state index contributed by atoms with van der Waals surface area (Å²) in [6.07, 6.45) is 3.68. The molecule has 3 rings (SSSR count). The molecule has 0 bridgehead atoms. The van der Waals surface area contributed by atoms with Crippen LogP contribution in [0.25, 0.3) is 5.69 Å². The fourth-order valence-electron chi connectivity index (χ4n) is 2.22. The Kier molecular flexibility index (Phi) is 5.94. The monoisotopic (exact) mass is 322 g/mol. The van der Waals surface area contributed by atoms with E-state index in [1.54, 1.807) is 10.9 Å². The van der Waals surface area contributed by atoms with E-state index in [0.717, 1.165) is 11.3 Å². The van der Waals surface area contributed by atoms with Crippen LogP contribution in [-0.4, -0.2) is 41.5 Å². The Labute approximate surface area is 135 Å². The van der Waals surface area contributed by atoms with Gasteiger partial charge in [-0.1, -0.05) is 18.2 Å². The Balaban J connectivity index is 0.00000176. The van der Waals surface area contributed by atoms with E-state index in [1.165, 1.54) is 0 Å². The number of nitrogens with zero attached hydrogens (tertiary/aromatic N) is 2. The topological polar surface area (TPSA) is 68.2 Å². The Morgan fingerprint density at radius 1 is 1.41 bits per heavy atom. The number of ether oxygens (including phenoxy) is 1. The van der Waals surface area contributed by atoms with Crippen molar-refractivity contribution in [2.24, 2.45) is 0 Å². The highest BCUT2D eigenvalue weighted by Gasteiger charge is 2.20. The molecule has 6 nitrogen and oxygen atoms in total. The van der Waals surface area contributed by atoms with Crippen molar-refractivity contribution in [1.82, 2.24) is 20.4 Å². The summed E-state index contributed by atoms with van der Waals surface area (Å²) in [7, 11) is 0. The number of amides is 1.